The fraction of sp³-hybridized carbons (Fsp3) is 0.692. The van der Waals surface area contributed by atoms with Crippen LogP contribution in [0.1, 0.15) is 32.4 Å². The van der Waals surface area contributed by atoms with Crippen LogP contribution in [0.4, 0.5) is 0 Å². The molecular weight excluding hydrogens is 244 g/mol. The van der Waals surface area contributed by atoms with E-state index in [-0.39, 0.29) is 5.54 Å². The monoisotopic (exact) mass is 266 g/mol. The summed E-state index contributed by atoms with van der Waals surface area (Å²) in [5.41, 5.74) is 1.34. The van der Waals surface area contributed by atoms with Gasteiger partial charge in [0.2, 0.25) is 0 Å². The smallest absolute Gasteiger partial charge is 0.156 e. The Labute approximate surface area is 113 Å². The molecule has 2 heterocycles. The van der Waals surface area contributed by atoms with Gasteiger partial charge in [0.25, 0.3) is 0 Å². The highest BCUT2D eigenvalue weighted by atomic mass is 32.2. The van der Waals surface area contributed by atoms with Gasteiger partial charge in [-0.05, 0) is 25.8 Å². The zero-order valence-corrected chi connectivity index (χ0v) is 12.3. The second-order valence-electron chi connectivity index (χ2n) is 5.06. The molecule has 0 amide bonds. The molecule has 0 aliphatic carbocycles. The van der Waals surface area contributed by atoms with Gasteiger partial charge in [-0.1, -0.05) is 18.7 Å². The second kappa shape index (κ2) is 5.78. The largest absolute Gasteiger partial charge is 0.360 e. The molecule has 0 saturated carbocycles. The fourth-order valence-electron chi connectivity index (χ4n) is 1.95. The molecule has 4 nitrogen and oxygen atoms in total. The summed E-state index contributed by atoms with van der Waals surface area (Å²) in [6, 6.07) is 2.05. The van der Waals surface area contributed by atoms with Gasteiger partial charge in [-0.3, -0.25) is 9.67 Å². The first-order valence-electron chi connectivity index (χ1n) is 6.55. The molecule has 0 spiro atoms. The molecule has 0 radical (unpaired) electrons. The number of amidine groups is 1. The summed E-state index contributed by atoms with van der Waals surface area (Å²) < 4.78 is 1.84. The van der Waals surface area contributed by atoms with E-state index in [0.717, 1.165) is 30.2 Å². The first-order chi connectivity index (χ1) is 8.61. The number of nitrogens with zero attached hydrogens (tertiary/aromatic N) is 3. The second-order valence-corrected chi connectivity index (χ2v) is 6.14. The summed E-state index contributed by atoms with van der Waals surface area (Å²) >= 11 is 1.83. The molecule has 1 aromatic rings. The van der Waals surface area contributed by atoms with Crippen LogP contribution >= 0.6 is 11.8 Å². The lowest BCUT2D eigenvalue weighted by atomic mass is 9.96. The lowest BCUT2D eigenvalue weighted by Crippen LogP contribution is -2.48. The molecule has 0 aromatic carbocycles. The van der Waals surface area contributed by atoms with Gasteiger partial charge in [0.05, 0.1) is 5.69 Å². The van der Waals surface area contributed by atoms with Crippen LogP contribution in [0.15, 0.2) is 17.3 Å². The summed E-state index contributed by atoms with van der Waals surface area (Å²) in [5, 5.41) is 9.02. The Morgan fingerprint density at radius 1 is 1.61 bits per heavy atom. The summed E-state index contributed by atoms with van der Waals surface area (Å²) in [7, 11) is 1.95. The lowest BCUT2D eigenvalue weighted by Gasteiger charge is -2.35. The SMILES string of the molecule is CCC1(C)CCSC(=NCCc2ccn(C)n2)N1. The van der Waals surface area contributed by atoms with Crippen LogP contribution in [-0.4, -0.2) is 32.8 Å². The van der Waals surface area contributed by atoms with Crippen molar-refractivity contribution in [1.82, 2.24) is 15.1 Å². The highest BCUT2D eigenvalue weighted by molar-refractivity contribution is 8.13. The molecule has 1 unspecified atom stereocenters. The van der Waals surface area contributed by atoms with Gasteiger partial charge in [0.1, 0.15) is 0 Å². The van der Waals surface area contributed by atoms with E-state index in [2.05, 4.69) is 35.3 Å². The van der Waals surface area contributed by atoms with Crippen molar-refractivity contribution in [2.24, 2.45) is 12.0 Å². The number of aliphatic imine (C=N–C) groups is 1. The van der Waals surface area contributed by atoms with Gasteiger partial charge < -0.3 is 5.32 Å². The minimum Gasteiger partial charge on any atom is -0.360 e. The molecule has 2 rings (SSSR count). The fourth-order valence-corrected chi connectivity index (χ4v) is 3.20. The number of thioether (sulfide) groups is 1. The van der Waals surface area contributed by atoms with Crippen molar-refractivity contribution in [3.05, 3.63) is 18.0 Å². The van der Waals surface area contributed by atoms with E-state index in [9.17, 15) is 0 Å². The van der Waals surface area contributed by atoms with Crippen LogP contribution in [0.2, 0.25) is 0 Å². The minimum absolute atomic E-state index is 0.231. The van der Waals surface area contributed by atoms with Gasteiger partial charge >= 0.3 is 0 Å². The third-order valence-electron chi connectivity index (χ3n) is 3.47. The summed E-state index contributed by atoms with van der Waals surface area (Å²) in [6.07, 6.45) is 5.25. The van der Waals surface area contributed by atoms with Crippen molar-refractivity contribution in [2.45, 2.75) is 38.6 Å². The zero-order chi connectivity index (χ0) is 13.0. The Kier molecular flexibility index (Phi) is 4.32. The zero-order valence-electron chi connectivity index (χ0n) is 11.4. The highest BCUT2D eigenvalue weighted by Gasteiger charge is 2.27. The van der Waals surface area contributed by atoms with Crippen molar-refractivity contribution in [3.8, 4) is 0 Å². The predicted octanol–water partition coefficient (Wildman–Crippen LogP) is 2.21. The predicted molar refractivity (Wildman–Crippen MR) is 78.1 cm³/mol. The van der Waals surface area contributed by atoms with Gasteiger partial charge in [0, 0.05) is 37.5 Å². The molecule has 18 heavy (non-hydrogen) atoms. The van der Waals surface area contributed by atoms with Crippen LogP contribution in [-0.2, 0) is 13.5 Å². The number of hydrogen-bond acceptors (Lipinski definition) is 3. The molecule has 0 bridgehead atoms. The topological polar surface area (TPSA) is 42.2 Å². The number of hydrogen-bond donors (Lipinski definition) is 1. The highest BCUT2D eigenvalue weighted by Crippen LogP contribution is 2.24. The Balaban J connectivity index is 1.85. The number of nitrogens with one attached hydrogen (secondary N) is 1. The molecule has 1 fully saturated rings. The molecule has 1 saturated heterocycles. The van der Waals surface area contributed by atoms with Gasteiger partial charge in [-0.2, -0.15) is 5.10 Å². The van der Waals surface area contributed by atoms with E-state index < -0.39 is 0 Å². The maximum atomic E-state index is 4.65. The molecule has 1 aromatic heterocycles. The van der Waals surface area contributed by atoms with Crippen molar-refractivity contribution in [3.63, 3.8) is 0 Å². The minimum atomic E-state index is 0.231. The Bertz CT molecular complexity index is 426. The third-order valence-corrected chi connectivity index (χ3v) is 4.39. The lowest BCUT2D eigenvalue weighted by molar-refractivity contribution is 0.390. The van der Waals surface area contributed by atoms with E-state index in [1.165, 1.54) is 12.2 Å². The molecule has 1 N–H and O–H groups in total. The summed E-state index contributed by atoms with van der Waals surface area (Å²) in [4.78, 5) is 4.65. The molecule has 1 aliphatic rings. The van der Waals surface area contributed by atoms with Gasteiger partial charge in [-0.25, -0.2) is 0 Å². The van der Waals surface area contributed by atoms with Crippen molar-refractivity contribution in [1.29, 1.82) is 0 Å². The Morgan fingerprint density at radius 2 is 2.44 bits per heavy atom. The molecular formula is C13H22N4S. The molecule has 1 aliphatic heterocycles. The van der Waals surface area contributed by atoms with E-state index in [1.807, 2.05) is 29.7 Å². The quantitative estimate of drug-likeness (QED) is 0.908. The van der Waals surface area contributed by atoms with E-state index in [4.69, 9.17) is 0 Å². The maximum absolute atomic E-state index is 4.65. The summed E-state index contributed by atoms with van der Waals surface area (Å²) in [6.45, 7) is 5.32. The average molecular weight is 266 g/mol. The van der Waals surface area contributed by atoms with Crippen molar-refractivity contribution in [2.75, 3.05) is 12.3 Å². The number of rotatable bonds is 4. The first kappa shape index (κ1) is 13.5. The number of aryl methyl sites for hydroxylation is 1. The molecule has 5 heteroatoms. The van der Waals surface area contributed by atoms with Gasteiger partial charge in [0.15, 0.2) is 5.17 Å². The van der Waals surface area contributed by atoms with Gasteiger partial charge in [-0.15, -0.1) is 0 Å². The van der Waals surface area contributed by atoms with Crippen LogP contribution in [0.5, 0.6) is 0 Å². The van der Waals surface area contributed by atoms with Crippen LogP contribution in [0, 0.1) is 0 Å². The van der Waals surface area contributed by atoms with Crippen LogP contribution in [0.3, 0.4) is 0 Å². The van der Waals surface area contributed by atoms with Crippen molar-refractivity contribution >= 4 is 16.9 Å². The Hall–Kier alpha value is -0.970. The first-order valence-corrected chi connectivity index (χ1v) is 7.54. The number of aromatic nitrogens is 2. The third kappa shape index (κ3) is 3.51. The van der Waals surface area contributed by atoms with Crippen LogP contribution in [0.25, 0.3) is 0 Å². The Morgan fingerprint density at radius 3 is 3.11 bits per heavy atom. The molecule has 1 atom stereocenters. The summed E-state index contributed by atoms with van der Waals surface area (Å²) in [5.74, 6) is 1.17. The van der Waals surface area contributed by atoms with E-state index in [1.54, 1.807) is 0 Å². The maximum Gasteiger partial charge on any atom is 0.156 e. The van der Waals surface area contributed by atoms with Crippen molar-refractivity contribution < 1.29 is 0 Å². The molecule has 100 valence electrons. The van der Waals surface area contributed by atoms with E-state index >= 15 is 0 Å². The van der Waals surface area contributed by atoms with E-state index in [0.29, 0.717) is 0 Å². The van der Waals surface area contributed by atoms with Crippen LogP contribution < -0.4 is 5.32 Å². The standard InChI is InChI=1S/C13H22N4S/c1-4-13(2)7-10-18-12(15-13)14-8-5-11-6-9-17(3)16-11/h6,9H,4-5,7-8,10H2,1-3H3,(H,14,15). The normalized spacial score (nSPS) is 26.3. The average Bonchev–Trinajstić information content (AvgIpc) is 2.75.